The maximum Gasteiger partial charge on any atom is 0.0791 e. The van der Waals surface area contributed by atoms with Gasteiger partial charge in [-0.1, -0.05) is 6.42 Å². The molecule has 1 aliphatic rings. The lowest BCUT2D eigenvalue weighted by Crippen LogP contribution is -2.12. The molecule has 56 valence electrons. The van der Waals surface area contributed by atoms with Crippen molar-refractivity contribution in [2.24, 2.45) is 0 Å². The minimum Gasteiger partial charge on any atom is -0.384 e. The molecule has 9 heavy (non-hydrogen) atoms. The van der Waals surface area contributed by atoms with Crippen LogP contribution in [0.15, 0.2) is 0 Å². The first-order valence-electron chi connectivity index (χ1n) is 3.73. The Morgan fingerprint density at radius 2 is 1.78 bits per heavy atom. The lowest BCUT2D eigenvalue weighted by molar-refractivity contribution is 0.280. The largest absolute Gasteiger partial charge is 0.384 e. The second kappa shape index (κ2) is 3.47. The Balaban J connectivity index is 2.23. The molecule has 0 bridgehead atoms. The van der Waals surface area contributed by atoms with Crippen molar-refractivity contribution in [1.29, 1.82) is 0 Å². The molecule has 1 unspecified atom stereocenters. The molecule has 1 rings (SSSR count). The molecule has 0 aromatic heterocycles. The first kappa shape index (κ1) is 7.42. The zero-order chi connectivity index (χ0) is 6.69. The smallest absolute Gasteiger partial charge is 0.0791 e. The van der Waals surface area contributed by atoms with Crippen LogP contribution < -0.4 is 0 Å². The number of hydrogen-bond donors (Lipinski definition) is 2. The second-order valence-corrected chi connectivity index (χ2v) is 5.55. The van der Waals surface area contributed by atoms with E-state index >= 15 is 0 Å². The van der Waals surface area contributed by atoms with Gasteiger partial charge in [-0.3, -0.25) is 0 Å². The molecule has 1 saturated heterocycles. The van der Waals surface area contributed by atoms with Gasteiger partial charge in [0.2, 0.25) is 0 Å². The third-order valence-corrected chi connectivity index (χ3v) is 4.76. The van der Waals surface area contributed by atoms with Gasteiger partial charge < -0.3 is 5.11 Å². The van der Waals surface area contributed by atoms with Crippen LogP contribution in [0.5, 0.6) is 0 Å². The SMILES string of the molecule is CC(O)[SH]1CCCCC1. The van der Waals surface area contributed by atoms with E-state index < -0.39 is 0 Å². The van der Waals surface area contributed by atoms with Gasteiger partial charge in [-0.25, -0.2) is 10.9 Å². The molecule has 0 aromatic rings. The van der Waals surface area contributed by atoms with Crippen LogP contribution in [0.25, 0.3) is 0 Å². The molecule has 1 aliphatic heterocycles. The van der Waals surface area contributed by atoms with Crippen molar-refractivity contribution in [3.63, 3.8) is 0 Å². The predicted molar refractivity (Wildman–Crippen MR) is 44.3 cm³/mol. The summed E-state index contributed by atoms with van der Waals surface area (Å²) >= 11 is 0. The van der Waals surface area contributed by atoms with Crippen LogP contribution in [0, 0.1) is 0 Å². The fourth-order valence-electron chi connectivity index (χ4n) is 1.29. The van der Waals surface area contributed by atoms with Gasteiger partial charge in [0.15, 0.2) is 0 Å². The van der Waals surface area contributed by atoms with Crippen molar-refractivity contribution in [2.75, 3.05) is 11.5 Å². The first-order valence-corrected chi connectivity index (χ1v) is 5.51. The Bertz CT molecular complexity index is 77.0. The van der Waals surface area contributed by atoms with Crippen molar-refractivity contribution in [1.82, 2.24) is 0 Å². The number of hydrogen-bond acceptors (Lipinski definition) is 1. The van der Waals surface area contributed by atoms with E-state index in [-0.39, 0.29) is 16.3 Å². The summed E-state index contributed by atoms with van der Waals surface area (Å²) in [6.45, 7) is 1.94. The standard InChI is InChI=1S/C7H16OS/c1-7(8)9-5-3-2-4-6-9/h7-9H,2-6H2,1H3. The summed E-state index contributed by atoms with van der Waals surface area (Å²) in [5, 5.41) is 9.21. The Labute approximate surface area is 59.8 Å². The maximum absolute atomic E-state index is 9.21. The third-order valence-electron chi connectivity index (χ3n) is 1.92. The van der Waals surface area contributed by atoms with E-state index in [1.54, 1.807) is 0 Å². The number of rotatable bonds is 1. The van der Waals surface area contributed by atoms with Crippen LogP contribution in [0.2, 0.25) is 0 Å². The monoisotopic (exact) mass is 148 g/mol. The highest BCUT2D eigenvalue weighted by Crippen LogP contribution is 2.35. The molecule has 0 radical (unpaired) electrons. The average Bonchev–Trinajstić information content (AvgIpc) is 1.90. The van der Waals surface area contributed by atoms with Gasteiger partial charge in [-0.2, -0.15) is 0 Å². The summed E-state index contributed by atoms with van der Waals surface area (Å²) in [4.78, 5) is 0. The summed E-state index contributed by atoms with van der Waals surface area (Å²) < 4.78 is 0. The quantitative estimate of drug-likeness (QED) is 0.540. The Morgan fingerprint density at radius 3 is 2.11 bits per heavy atom. The van der Waals surface area contributed by atoms with Gasteiger partial charge in [0.1, 0.15) is 0 Å². The summed E-state index contributed by atoms with van der Waals surface area (Å²) in [5.41, 5.74) is 0.000278. The van der Waals surface area contributed by atoms with Crippen LogP contribution in [0.3, 0.4) is 0 Å². The zero-order valence-electron chi connectivity index (χ0n) is 6.01. The lowest BCUT2D eigenvalue weighted by atomic mass is 10.3. The first-order chi connectivity index (χ1) is 4.30. The molecule has 0 amide bonds. The number of aliphatic hydroxyl groups excluding tert-OH is 1. The van der Waals surface area contributed by atoms with Crippen molar-refractivity contribution >= 4 is 10.9 Å². The van der Waals surface area contributed by atoms with Crippen LogP contribution >= 0.6 is 10.9 Å². The van der Waals surface area contributed by atoms with Crippen molar-refractivity contribution in [2.45, 2.75) is 31.6 Å². The van der Waals surface area contributed by atoms with Gasteiger partial charge in [0, 0.05) is 0 Å². The van der Waals surface area contributed by atoms with E-state index in [4.69, 9.17) is 0 Å². The molecule has 1 fully saturated rings. The molecule has 1 atom stereocenters. The predicted octanol–water partition coefficient (Wildman–Crippen LogP) is 1.51. The Kier molecular flexibility index (Phi) is 2.86. The molecule has 1 heterocycles. The highest BCUT2D eigenvalue weighted by molar-refractivity contribution is 8.17. The topological polar surface area (TPSA) is 20.2 Å². The third kappa shape index (κ3) is 2.18. The maximum atomic E-state index is 9.21. The summed E-state index contributed by atoms with van der Waals surface area (Å²) in [6, 6.07) is 0. The van der Waals surface area contributed by atoms with Crippen LogP contribution in [0.4, 0.5) is 0 Å². The molecule has 1 nitrogen and oxygen atoms in total. The molecule has 0 aromatic carbocycles. The minimum atomic E-state index is 0.000278. The highest BCUT2D eigenvalue weighted by Gasteiger charge is 2.12. The van der Waals surface area contributed by atoms with Gasteiger partial charge in [-0.15, -0.1) is 0 Å². The molecule has 2 heteroatoms. The van der Waals surface area contributed by atoms with Crippen LogP contribution in [-0.2, 0) is 0 Å². The van der Waals surface area contributed by atoms with Crippen LogP contribution in [0.1, 0.15) is 26.2 Å². The molecular formula is C7H16OS. The molecule has 1 N–H and O–H groups in total. The molecule has 0 spiro atoms. The van der Waals surface area contributed by atoms with Crippen molar-refractivity contribution in [3.8, 4) is 0 Å². The summed E-state index contributed by atoms with van der Waals surface area (Å²) in [6.07, 6.45) is 4.11. The number of thiol groups is 1. The lowest BCUT2D eigenvalue weighted by Gasteiger charge is -2.28. The zero-order valence-corrected chi connectivity index (χ0v) is 6.90. The van der Waals surface area contributed by atoms with Gasteiger partial charge in [0.05, 0.1) is 5.44 Å². The second-order valence-electron chi connectivity index (χ2n) is 2.73. The minimum absolute atomic E-state index is 0.000278. The average molecular weight is 148 g/mol. The van der Waals surface area contributed by atoms with E-state index in [1.165, 1.54) is 30.8 Å². The summed E-state index contributed by atoms with van der Waals surface area (Å²) in [7, 11) is 0.0248. The van der Waals surface area contributed by atoms with Gasteiger partial charge in [-0.05, 0) is 31.3 Å². The van der Waals surface area contributed by atoms with E-state index in [0.717, 1.165) is 0 Å². The fourth-order valence-corrected chi connectivity index (χ4v) is 3.52. The van der Waals surface area contributed by atoms with Crippen LogP contribution in [-0.4, -0.2) is 22.0 Å². The van der Waals surface area contributed by atoms with E-state index in [9.17, 15) is 5.11 Å². The Hall–Kier alpha value is 0.310. The molecule has 0 saturated carbocycles. The normalized spacial score (nSPS) is 28.0. The Morgan fingerprint density at radius 1 is 1.22 bits per heavy atom. The van der Waals surface area contributed by atoms with Crippen molar-refractivity contribution in [3.05, 3.63) is 0 Å². The van der Waals surface area contributed by atoms with E-state index in [1.807, 2.05) is 6.92 Å². The molecule has 0 aliphatic carbocycles. The fraction of sp³-hybridized carbons (Fsp3) is 1.00. The number of aliphatic hydroxyl groups is 1. The van der Waals surface area contributed by atoms with Crippen molar-refractivity contribution < 1.29 is 5.11 Å². The summed E-state index contributed by atoms with van der Waals surface area (Å²) in [5.74, 6) is 2.62. The van der Waals surface area contributed by atoms with E-state index in [0.29, 0.717) is 0 Å². The van der Waals surface area contributed by atoms with Gasteiger partial charge in [0.25, 0.3) is 0 Å². The molecular weight excluding hydrogens is 132 g/mol. The highest BCUT2D eigenvalue weighted by atomic mass is 32.2. The van der Waals surface area contributed by atoms with Gasteiger partial charge >= 0.3 is 0 Å². The van der Waals surface area contributed by atoms with E-state index in [2.05, 4.69) is 0 Å².